The van der Waals surface area contributed by atoms with Gasteiger partial charge >= 0.3 is 5.97 Å². The van der Waals surface area contributed by atoms with Crippen molar-refractivity contribution in [2.24, 2.45) is 0 Å². The van der Waals surface area contributed by atoms with E-state index in [4.69, 9.17) is 4.74 Å². The highest BCUT2D eigenvalue weighted by molar-refractivity contribution is 5.88. The molecule has 5 heteroatoms. The first-order valence-electron chi connectivity index (χ1n) is 9.38. The van der Waals surface area contributed by atoms with Gasteiger partial charge in [-0.3, -0.25) is 9.69 Å². The first kappa shape index (κ1) is 17.9. The molecule has 2 aliphatic heterocycles. The van der Waals surface area contributed by atoms with E-state index in [0.29, 0.717) is 13.0 Å². The van der Waals surface area contributed by atoms with Crippen LogP contribution in [-0.4, -0.2) is 59.5 Å². The van der Waals surface area contributed by atoms with Gasteiger partial charge in [0.05, 0.1) is 12.6 Å². The maximum absolute atomic E-state index is 13.1. The number of rotatable bonds is 6. The third kappa shape index (κ3) is 3.87. The molecule has 25 heavy (non-hydrogen) atoms. The lowest BCUT2D eigenvalue weighted by Crippen LogP contribution is -2.63. The van der Waals surface area contributed by atoms with E-state index in [1.807, 2.05) is 36.9 Å². The fraction of sp³-hybridized carbons (Fsp3) is 0.600. The summed E-state index contributed by atoms with van der Waals surface area (Å²) < 4.78 is 5.31. The summed E-state index contributed by atoms with van der Waals surface area (Å²) in [5.74, 6) is -0.174. The second-order valence-electron chi connectivity index (χ2n) is 7.04. The number of benzene rings is 1. The number of nitrogens with zero attached hydrogens (tertiary/aromatic N) is 2. The Morgan fingerprint density at radius 3 is 2.80 bits per heavy atom. The van der Waals surface area contributed by atoms with E-state index in [0.717, 1.165) is 32.4 Å². The van der Waals surface area contributed by atoms with Crippen LogP contribution < -0.4 is 0 Å². The van der Waals surface area contributed by atoms with Crippen molar-refractivity contribution in [1.29, 1.82) is 0 Å². The first-order valence-corrected chi connectivity index (χ1v) is 9.38. The molecule has 0 saturated carbocycles. The molecular weight excluding hydrogens is 316 g/mol. The fourth-order valence-corrected chi connectivity index (χ4v) is 4.16. The molecule has 1 amide bonds. The number of carbonyl (C=O) groups excluding carboxylic acids is 2. The van der Waals surface area contributed by atoms with E-state index in [9.17, 15) is 9.59 Å². The Kier molecular flexibility index (Phi) is 5.74. The van der Waals surface area contributed by atoms with Crippen molar-refractivity contribution in [1.82, 2.24) is 9.80 Å². The Labute approximate surface area is 149 Å². The van der Waals surface area contributed by atoms with Crippen LogP contribution in [0.1, 0.15) is 38.7 Å². The van der Waals surface area contributed by atoms with E-state index in [-0.39, 0.29) is 24.0 Å². The number of ether oxygens (including phenoxy) is 1. The maximum atomic E-state index is 13.1. The van der Waals surface area contributed by atoms with Gasteiger partial charge in [0, 0.05) is 12.6 Å². The van der Waals surface area contributed by atoms with Crippen molar-refractivity contribution in [3.63, 3.8) is 0 Å². The highest BCUT2D eigenvalue weighted by Crippen LogP contribution is 2.28. The molecule has 2 aliphatic rings. The SMILES string of the molecule is CCOC(=O)C(CCc1ccccc1)N1C(=O)C2CCCN2CC1C. The summed E-state index contributed by atoms with van der Waals surface area (Å²) in [6.07, 6.45) is 3.32. The van der Waals surface area contributed by atoms with Crippen LogP contribution in [0.3, 0.4) is 0 Å². The molecule has 0 aliphatic carbocycles. The Morgan fingerprint density at radius 1 is 1.32 bits per heavy atom. The molecule has 5 nitrogen and oxygen atoms in total. The number of carbonyl (C=O) groups is 2. The van der Waals surface area contributed by atoms with Gasteiger partial charge in [0.2, 0.25) is 5.91 Å². The van der Waals surface area contributed by atoms with E-state index in [2.05, 4.69) is 17.0 Å². The lowest BCUT2D eigenvalue weighted by Gasteiger charge is -2.44. The zero-order valence-electron chi connectivity index (χ0n) is 15.2. The van der Waals surface area contributed by atoms with Crippen LogP contribution in [-0.2, 0) is 20.7 Å². The lowest BCUT2D eigenvalue weighted by atomic mass is 9.99. The first-order chi connectivity index (χ1) is 12.1. The summed E-state index contributed by atoms with van der Waals surface area (Å²) in [4.78, 5) is 29.8. The molecule has 0 radical (unpaired) electrons. The van der Waals surface area contributed by atoms with Gasteiger partial charge in [-0.2, -0.15) is 0 Å². The number of esters is 1. The van der Waals surface area contributed by atoms with E-state index < -0.39 is 6.04 Å². The minimum atomic E-state index is -0.495. The van der Waals surface area contributed by atoms with Crippen molar-refractivity contribution in [3.05, 3.63) is 35.9 Å². The summed E-state index contributed by atoms with van der Waals surface area (Å²) in [5.41, 5.74) is 1.18. The molecule has 0 aromatic heterocycles. The van der Waals surface area contributed by atoms with Gasteiger partial charge in [-0.05, 0) is 51.6 Å². The van der Waals surface area contributed by atoms with Gasteiger partial charge in [0.1, 0.15) is 6.04 Å². The van der Waals surface area contributed by atoms with Crippen LogP contribution >= 0.6 is 0 Å². The largest absolute Gasteiger partial charge is 0.464 e. The third-order valence-electron chi connectivity index (χ3n) is 5.32. The number of fused-ring (bicyclic) bond motifs is 1. The Morgan fingerprint density at radius 2 is 2.08 bits per heavy atom. The molecule has 1 aromatic rings. The molecule has 0 spiro atoms. The smallest absolute Gasteiger partial charge is 0.328 e. The van der Waals surface area contributed by atoms with Crippen molar-refractivity contribution in [2.75, 3.05) is 19.7 Å². The number of aryl methyl sites for hydroxylation is 1. The molecule has 0 bridgehead atoms. The normalized spacial score (nSPS) is 24.9. The Balaban J connectivity index is 1.77. The van der Waals surface area contributed by atoms with Crippen LogP contribution in [0.2, 0.25) is 0 Å². The maximum Gasteiger partial charge on any atom is 0.328 e. The Hall–Kier alpha value is -1.88. The summed E-state index contributed by atoms with van der Waals surface area (Å²) in [7, 11) is 0. The second-order valence-corrected chi connectivity index (χ2v) is 7.04. The molecule has 1 aromatic carbocycles. The van der Waals surface area contributed by atoms with Crippen LogP contribution in [0.25, 0.3) is 0 Å². The number of hydrogen-bond acceptors (Lipinski definition) is 4. The molecule has 2 fully saturated rings. The predicted molar refractivity (Wildman–Crippen MR) is 96.1 cm³/mol. The Bertz CT molecular complexity index is 604. The minimum Gasteiger partial charge on any atom is -0.464 e. The molecule has 136 valence electrons. The summed E-state index contributed by atoms with van der Waals surface area (Å²) in [6, 6.07) is 9.59. The van der Waals surface area contributed by atoms with E-state index in [1.54, 1.807) is 0 Å². The summed E-state index contributed by atoms with van der Waals surface area (Å²) in [5, 5.41) is 0. The highest BCUT2D eigenvalue weighted by atomic mass is 16.5. The van der Waals surface area contributed by atoms with Crippen LogP contribution in [0.5, 0.6) is 0 Å². The zero-order valence-corrected chi connectivity index (χ0v) is 15.2. The van der Waals surface area contributed by atoms with Crippen molar-refractivity contribution < 1.29 is 14.3 Å². The molecular formula is C20H28N2O3. The van der Waals surface area contributed by atoms with Gasteiger partial charge in [0.15, 0.2) is 0 Å². The monoisotopic (exact) mass is 344 g/mol. The average Bonchev–Trinajstić information content (AvgIpc) is 3.07. The topological polar surface area (TPSA) is 49.9 Å². The predicted octanol–water partition coefficient (Wildman–Crippen LogP) is 2.25. The van der Waals surface area contributed by atoms with Gasteiger partial charge in [0.25, 0.3) is 0 Å². The van der Waals surface area contributed by atoms with E-state index >= 15 is 0 Å². The van der Waals surface area contributed by atoms with Crippen molar-refractivity contribution >= 4 is 11.9 Å². The molecule has 3 atom stereocenters. The van der Waals surface area contributed by atoms with Crippen molar-refractivity contribution in [3.8, 4) is 0 Å². The highest BCUT2D eigenvalue weighted by Gasteiger charge is 2.45. The summed E-state index contributed by atoms with van der Waals surface area (Å²) in [6.45, 7) is 6.03. The van der Waals surface area contributed by atoms with Crippen LogP contribution in [0, 0.1) is 0 Å². The van der Waals surface area contributed by atoms with Gasteiger partial charge < -0.3 is 9.64 Å². The molecule has 0 N–H and O–H groups in total. The number of amides is 1. The van der Waals surface area contributed by atoms with E-state index in [1.165, 1.54) is 5.56 Å². The molecule has 2 saturated heterocycles. The molecule has 3 rings (SSSR count). The number of piperazine rings is 1. The van der Waals surface area contributed by atoms with Crippen LogP contribution in [0.4, 0.5) is 0 Å². The third-order valence-corrected chi connectivity index (χ3v) is 5.32. The van der Waals surface area contributed by atoms with Gasteiger partial charge in [-0.25, -0.2) is 4.79 Å². The fourth-order valence-electron chi connectivity index (χ4n) is 4.16. The van der Waals surface area contributed by atoms with Crippen LogP contribution in [0.15, 0.2) is 30.3 Å². The lowest BCUT2D eigenvalue weighted by molar-refractivity contribution is -0.162. The number of hydrogen-bond donors (Lipinski definition) is 0. The average molecular weight is 344 g/mol. The standard InChI is InChI=1S/C20H28N2O3/c1-3-25-20(24)18(12-11-16-8-5-4-6-9-16)22-15(2)14-21-13-7-10-17(21)19(22)23/h4-6,8-9,15,17-18H,3,7,10-14H2,1-2H3. The van der Waals surface area contributed by atoms with Crippen molar-refractivity contribution in [2.45, 2.75) is 57.7 Å². The zero-order chi connectivity index (χ0) is 17.8. The van der Waals surface area contributed by atoms with Gasteiger partial charge in [-0.15, -0.1) is 0 Å². The molecule has 2 heterocycles. The molecule has 3 unspecified atom stereocenters. The van der Waals surface area contributed by atoms with Gasteiger partial charge in [-0.1, -0.05) is 30.3 Å². The quantitative estimate of drug-likeness (QED) is 0.743. The second kappa shape index (κ2) is 8.00. The minimum absolute atomic E-state index is 0.0343. The summed E-state index contributed by atoms with van der Waals surface area (Å²) >= 11 is 0.